The number of ether oxygens (including phenoxy) is 2. The second-order valence-corrected chi connectivity index (χ2v) is 12.6. The lowest BCUT2D eigenvalue weighted by atomic mass is 10.1. The Kier molecular flexibility index (Phi) is 6.16. The molecule has 0 aliphatic carbocycles. The van der Waals surface area contributed by atoms with Gasteiger partial charge in [0.1, 0.15) is 12.5 Å². The van der Waals surface area contributed by atoms with Crippen LogP contribution < -0.4 is 4.74 Å². The highest BCUT2D eigenvalue weighted by molar-refractivity contribution is 6.76. The lowest BCUT2D eigenvalue weighted by Crippen LogP contribution is -2.22. The standard InChI is InChI=1S/C18H21F3N2O2Si/c1-5-14-6-7-17(25-18(19,20)21)16(10-14)15-11-22-23(12-15)13-24-8-9-26(2,3)4/h1,6-7,10-12H,8-9,13H2,2-4H3. The fraction of sp³-hybridized carbons (Fsp3) is 0.389. The Bertz CT molecular complexity index is 789. The number of terminal acetylenes is 1. The van der Waals surface area contributed by atoms with E-state index in [2.05, 4.69) is 35.4 Å². The molecule has 0 N–H and O–H groups in total. The molecule has 0 radical (unpaired) electrons. The van der Waals surface area contributed by atoms with Gasteiger partial charge in [0, 0.05) is 37.6 Å². The van der Waals surface area contributed by atoms with Crippen molar-refractivity contribution in [3.8, 4) is 29.2 Å². The maximum Gasteiger partial charge on any atom is 0.573 e. The van der Waals surface area contributed by atoms with Crippen LogP contribution in [0.1, 0.15) is 5.56 Å². The number of benzene rings is 1. The first-order valence-electron chi connectivity index (χ1n) is 8.04. The van der Waals surface area contributed by atoms with Gasteiger partial charge in [0.25, 0.3) is 0 Å². The summed E-state index contributed by atoms with van der Waals surface area (Å²) in [6.45, 7) is 7.61. The SMILES string of the molecule is C#Cc1ccc(OC(F)(F)F)c(-c2cnn(COCC[Si](C)(C)C)c2)c1. The lowest BCUT2D eigenvalue weighted by molar-refractivity contribution is -0.274. The second kappa shape index (κ2) is 7.97. The number of halogens is 3. The third-order valence-corrected chi connectivity index (χ3v) is 5.24. The molecule has 2 aromatic rings. The number of nitrogens with zero attached hydrogens (tertiary/aromatic N) is 2. The van der Waals surface area contributed by atoms with Crippen molar-refractivity contribution in [1.82, 2.24) is 9.78 Å². The highest BCUT2D eigenvalue weighted by Gasteiger charge is 2.32. The van der Waals surface area contributed by atoms with E-state index >= 15 is 0 Å². The molecule has 0 aliphatic rings. The highest BCUT2D eigenvalue weighted by atomic mass is 28.3. The summed E-state index contributed by atoms with van der Waals surface area (Å²) in [5.41, 5.74) is 1.15. The van der Waals surface area contributed by atoms with Gasteiger partial charge in [-0.3, -0.25) is 0 Å². The average Bonchev–Trinajstić information content (AvgIpc) is 2.98. The van der Waals surface area contributed by atoms with Crippen LogP contribution in [0.4, 0.5) is 13.2 Å². The van der Waals surface area contributed by atoms with Crippen molar-refractivity contribution in [1.29, 1.82) is 0 Å². The van der Waals surface area contributed by atoms with E-state index in [9.17, 15) is 13.2 Å². The van der Waals surface area contributed by atoms with Gasteiger partial charge in [0.2, 0.25) is 0 Å². The van der Waals surface area contributed by atoms with E-state index < -0.39 is 14.4 Å². The van der Waals surface area contributed by atoms with E-state index in [1.54, 1.807) is 6.20 Å². The minimum Gasteiger partial charge on any atom is -0.405 e. The Labute approximate surface area is 151 Å². The molecule has 2 rings (SSSR count). The van der Waals surface area contributed by atoms with Crippen LogP contribution >= 0.6 is 0 Å². The lowest BCUT2D eigenvalue weighted by Gasteiger charge is -2.15. The number of hydrogen-bond acceptors (Lipinski definition) is 3. The van der Waals surface area contributed by atoms with Crippen molar-refractivity contribution in [3.63, 3.8) is 0 Å². The zero-order valence-corrected chi connectivity index (χ0v) is 15.9. The normalized spacial score (nSPS) is 12.0. The maximum absolute atomic E-state index is 12.6. The Hall–Kier alpha value is -2.24. The third kappa shape index (κ3) is 6.24. The molecule has 140 valence electrons. The highest BCUT2D eigenvalue weighted by Crippen LogP contribution is 2.34. The Balaban J connectivity index is 2.15. The molecule has 0 fully saturated rings. The molecular weight excluding hydrogens is 361 g/mol. The van der Waals surface area contributed by atoms with Gasteiger partial charge >= 0.3 is 6.36 Å². The van der Waals surface area contributed by atoms with Crippen molar-refractivity contribution in [2.75, 3.05) is 6.61 Å². The molecule has 1 heterocycles. The Morgan fingerprint density at radius 1 is 1.27 bits per heavy atom. The van der Waals surface area contributed by atoms with Gasteiger partial charge in [-0.1, -0.05) is 25.6 Å². The van der Waals surface area contributed by atoms with Gasteiger partial charge < -0.3 is 9.47 Å². The molecule has 0 saturated carbocycles. The molecule has 8 heteroatoms. The van der Waals surface area contributed by atoms with E-state index in [0.717, 1.165) is 6.04 Å². The third-order valence-electron chi connectivity index (χ3n) is 3.54. The van der Waals surface area contributed by atoms with Crippen molar-refractivity contribution in [3.05, 3.63) is 36.2 Å². The van der Waals surface area contributed by atoms with Crippen LogP contribution in [0.25, 0.3) is 11.1 Å². The van der Waals surface area contributed by atoms with Crippen molar-refractivity contribution in [2.45, 2.75) is 38.8 Å². The smallest absolute Gasteiger partial charge is 0.405 e. The molecule has 0 spiro atoms. The molecule has 0 bridgehead atoms. The molecular formula is C18H21F3N2O2Si. The van der Waals surface area contributed by atoms with Gasteiger partial charge in [-0.25, -0.2) is 4.68 Å². The molecule has 26 heavy (non-hydrogen) atoms. The fourth-order valence-corrected chi connectivity index (χ4v) is 2.93. The summed E-state index contributed by atoms with van der Waals surface area (Å²) in [4.78, 5) is 0. The van der Waals surface area contributed by atoms with E-state index in [1.165, 1.54) is 29.1 Å². The molecule has 0 atom stereocenters. The van der Waals surface area contributed by atoms with E-state index in [0.29, 0.717) is 17.7 Å². The first-order chi connectivity index (χ1) is 12.1. The van der Waals surface area contributed by atoms with Gasteiger partial charge in [-0.2, -0.15) is 5.10 Å². The summed E-state index contributed by atoms with van der Waals surface area (Å²) in [6, 6.07) is 5.09. The second-order valence-electron chi connectivity index (χ2n) is 7.02. The summed E-state index contributed by atoms with van der Waals surface area (Å²) >= 11 is 0. The molecule has 0 aliphatic heterocycles. The quantitative estimate of drug-likeness (QED) is 0.394. The van der Waals surface area contributed by atoms with Gasteiger partial charge in [-0.15, -0.1) is 19.6 Å². The number of aromatic nitrogens is 2. The monoisotopic (exact) mass is 382 g/mol. The zero-order chi connectivity index (χ0) is 19.4. The van der Waals surface area contributed by atoms with Crippen LogP contribution in [0, 0.1) is 12.3 Å². The first-order valence-corrected chi connectivity index (χ1v) is 11.7. The Morgan fingerprint density at radius 3 is 2.62 bits per heavy atom. The summed E-state index contributed by atoms with van der Waals surface area (Å²) in [5, 5.41) is 4.13. The van der Waals surface area contributed by atoms with Crippen LogP contribution in [-0.2, 0) is 11.5 Å². The largest absolute Gasteiger partial charge is 0.573 e. The molecule has 4 nitrogen and oxygen atoms in total. The minimum atomic E-state index is -4.79. The van der Waals surface area contributed by atoms with Crippen LogP contribution in [0.5, 0.6) is 5.75 Å². The molecule has 0 unspecified atom stereocenters. The summed E-state index contributed by atoms with van der Waals surface area (Å²) in [6.07, 6.45) is 3.62. The van der Waals surface area contributed by atoms with E-state index in [4.69, 9.17) is 11.2 Å². The minimum absolute atomic E-state index is 0.228. The first kappa shape index (κ1) is 20.1. The summed E-state index contributed by atoms with van der Waals surface area (Å²) in [5.74, 6) is 2.08. The molecule has 1 aromatic carbocycles. The summed E-state index contributed by atoms with van der Waals surface area (Å²) in [7, 11) is -1.18. The molecule has 0 saturated heterocycles. The predicted octanol–water partition coefficient (Wildman–Crippen LogP) is 4.74. The average molecular weight is 382 g/mol. The van der Waals surface area contributed by atoms with Crippen LogP contribution in [0.2, 0.25) is 25.7 Å². The maximum atomic E-state index is 12.6. The topological polar surface area (TPSA) is 36.3 Å². The van der Waals surface area contributed by atoms with Gasteiger partial charge in [-0.05, 0) is 24.2 Å². The fourth-order valence-electron chi connectivity index (χ4n) is 2.17. The van der Waals surface area contributed by atoms with Crippen LogP contribution in [0.3, 0.4) is 0 Å². The molecule has 0 amide bonds. The van der Waals surface area contributed by atoms with Crippen molar-refractivity contribution in [2.24, 2.45) is 0 Å². The summed E-state index contributed by atoms with van der Waals surface area (Å²) < 4.78 is 49.1. The number of alkyl halides is 3. The van der Waals surface area contributed by atoms with Crippen molar-refractivity contribution < 1.29 is 22.6 Å². The van der Waals surface area contributed by atoms with Crippen molar-refractivity contribution >= 4 is 8.07 Å². The van der Waals surface area contributed by atoms with Crippen LogP contribution in [-0.4, -0.2) is 30.8 Å². The Morgan fingerprint density at radius 2 is 2.00 bits per heavy atom. The molecule has 1 aromatic heterocycles. The predicted molar refractivity (Wildman–Crippen MR) is 96.4 cm³/mol. The zero-order valence-electron chi connectivity index (χ0n) is 14.9. The number of rotatable bonds is 7. The van der Waals surface area contributed by atoms with E-state index in [-0.39, 0.29) is 18.0 Å². The van der Waals surface area contributed by atoms with Crippen LogP contribution in [0.15, 0.2) is 30.6 Å². The number of hydrogen-bond donors (Lipinski definition) is 0. The van der Waals surface area contributed by atoms with E-state index in [1.807, 2.05) is 0 Å². The van der Waals surface area contributed by atoms with Gasteiger partial charge in [0.05, 0.1) is 6.20 Å². The van der Waals surface area contributed by atoms with Gasteiger partial charge in [0.15, 0.2) is 0 Å².